The van der Waals surface area contributed by atoms with Gasteiger partial charge in [0.1, 0.15) is 0 Å². The quantitative estimate of drug-likeness (QED) is 0.864. The topological polar surface area (TPSA) is 30.5 Å². The third-order valence-corrected chi connectivity index (χ3v) is 4.57. The van der Waals surface area contributed by atoms with Gasteiger partial charge in [0.15, 0.2) is 0 Å². The molecule has 0 aromatic heterocycles. The molecule has 104 valence electrons. The van der Waals surface area contributed by atoms with E-state index >= 15 is 0 Å². The number of nitrogens with zero attached hydrogens (tertiary/aromatic N) is 2. The van der Waals surface area contributed by atoms with E-state index in [0.29, 0.717) is 6.04 Å². The molecular weight excluding hydrogens is 304 g/mol. The summed E-state index contributed by atoms with van der Waals surface area (Å²) in [6, 6.07) is 7.11. The van der Waals surface area contributed by atoms with Gasteiger partial charge >= 0.3 is 0 Å². The van der Waals surface area contributed by atoms with Crippen LogP contribution in [0.3, 0.4) is 0 Å². The maximum atomic E-state index is 3.54. The SMILES string of the molecule is CN1CCNCC1CN1CCNc2cc(Br)ccc21. The highest BCUT2D eigenvalue weighted by molar-refractivity contribution is 9.10. The Bertz CT molecular complexity index is 451. The summed E-state index contributed by atoms with van der Waals surface area (Å²) in [7, 11) is 2.23. The zero-order chi connectivity index (χ0) is 13.2. The lowest BCUT2D eigenvalue weighted by atomic mass is 10.1. The lowest BCUT2D eigenvalue weighted by Gasteiger charge is -2.40. The minimum atomic E-state index is 0.600. The van der Waals surface area contributed by atoms with Gasteiger partial charge in [-0.1, -0.05) is 15.9 Å². The molecule has 0 saturated carbocycles. The lowest BCUT2D eigenvalue weighted by molar-refractivity contribution is 0.202. The number of halogens is 1. The fourth-order valence-corrected chi connectivity index (χ4v) is 3.24. The van der Waals surface area contributed by atoms with Gasteiger partial charge in [-0.25, -0.2) is 0 Å². The molecule has 2 heterocycles. The van der Waals surface area contributed by atoms with Crippen LogP contribution in [0.25, 0.3) is 0 Å². The summed E-state index contributed by atoms with van der Waals surface area (Å²) in [4.78, 5) is 4.98. The first-order chi connectivity index (χ1) is 9.24. The van der Waals surface area contributed by atoms with Crippen LogP contribution in [0.15, 0.2) is 22.7 Å². The van der Waals surface area contributed by atoms with Crippen LogP contribution in [0.2, 0.25) is 0 Å². The van der Waals surface area contributed by atoms with Gasteiger partial charge in [0.2, 0.25) is 0 Å². The average Bonchev–Trinajstić information content (AvgIpc) is 2.41. The van der Waals surface area contributed by atoms with Crippen molar-refractivity contribution < 1.29 is 0 Å². The smallest absolute Gasteiger partial charge is 0.0604 e. The number of nitrogens with one attached hydrogen (secondary N) is 2. The molecule has 1 aromatic rings. The van der Waals surface area contributed by atoms with Gasteiger partial charge in [-0.2, -0.15) is 0 Å². The number of piperazine rings is 1. The van der Waals surface area contributed by atoms with E-state index < -0.39 is 0 Å². The Morgan fingerprint density at radius 1 is 1.32 bits per heavy atom. The van der Waals surface area contributed by atoms with Gasteiger partial charge in [0.25, 0.3) is 0 Å². The monoisotopic (exact) mass is 324 g/mol. The van der Waals surface area contributed by atoms with Gasteiger partial charge in [-0.05, 0) is 25.2 Å². The minimum absolute atomic E-state index is 0.600. The summed E-state index contributed by atoms with van der Waals surface area (Å²) in [5.74, 6) is 0. The molecule has 5 heteroatoms. The number of hydrogen-bond donors (Lipinski definition) is 2. The van der Waals surface area contributed by atoms with E-state index in [-0.39, 0.29) is 0 Å². The summed E-state index contributed by atoms with van der Waals surface area (Å²) >= 11 is 3.54. The minimum Gasteiger partial charge on any atom is -0.382 e. The molecule has 0 radical (unpaired) electrons. The van der Waals surface area contributed by atoms with Crippen molar-refractivity contribution in [1.29, 1.82) is 0 Å². The fraction of sp³-hybridized carbons (Fsp3) is 0.571. The molecule has 1 unspecified atom stereocenters. The maximum absolute atomic E-state index is 3.54. The average molecular weight is 325 g/mol. The zero-order valence-electron chi connectivity index (χ0n) is 11.3. The van der Waals surface area contributed by atoms with Crippen molar-refractivity contribution in [1.82, 2.24) is 10.2 Å². The predicted molar refractivity (Wildman–Crippen MR) is 84.1 cm³/mol. The van der Waals surface area contributed by atoms with Crippen LogP contribution < -0.4 is 15.5 Å². The van der Waals surface area contributed by atoms with E-state index in [9.17, 15) is 0 Å². The van der Waals surface area contributed by atoms with Gasteiger partial charge in [0.05, 0.1) is 11.4 Å². The number of likely N-dealkylation sites (N-methyl/N-ethyl adjacent to an activating group) is 1. The van der Waals surface area contributed by atoms with E-state index in [1.54, 1.807) is 0 Å². The maximum Gasteiger partial charge on any atom is 0.0604 e. The molecule has 1 saturated heterocycles. The van der Waals surface area contributed by atoms with E-state index in [2.05, 4.69) is 61.6 Å². The molecule has 2 aliphatic heterocycles. The first-order valence-corrected chi connectivity index (χ1v) is 7.72. The number of rotatable bonds is 2. The molecule has 2 N–H and O–H groups in total. The number of anilines is 2. The molecule has 1 aromatic carbocycles. The van der Waals surface area contributed by atoms with Crippen molar-refractivity contribution in [3.63, 3.8) is 0 Å². The third kappa shape index (κ3) is 2.88. The molecule has 4 nitrogen and oxygen atoms in total. The summed E-state index contributed by atoms with van der Waals surface area (Å²) in [6.45, 7) is 6.54. The number of hydrogen-bond acceptors (Lipinski definition) is 4. The van der Waals surface area contributed by atoms with Crippen molar-refractivity contribution in [3.05, 3.63) is 22.7 Å². The molecule has 2 aliphatic rings. The van der Waals surface area contributed by atoms with Crippen molar-refractivity contribution in [3.8, 4) is 0 Å². The van der Waals surface area contributed by atoms with E-state index in [0.717, 1.165) is 43.7 Å². The summed E-state index contributed by atoms with van der Waals surface area (Å²) < 4.78 is 1.14. The van der Waals surface area contributed by atoms with Gasteiger partial charge in [-0.15, -0.1) is 0 Å². The Morgan fingerprint density at radius 3 is 3.05 bits per heavy atom. The molecule has 0 bridgehead atoms. The first kappa shape index (κ1) is 13.2. The zero-order valence-corrected chi connectivity index (χ0v) is 12.9. The van der Waals surface area contributed by atoms with E-state index in [4.69, 9.17) is 0 Å². The van der Waals surface area contributed by atoms with E-state index in [1.165, 1.54) is 11.4 Å². The molecule has 19 heavy (non-hydrogen) atoms. The molecule has 0 aliphatic carbocycles. The largest absolute Gasteiger partial charge is 0.382 e. The summed E-state index contributed by atoms with van der Waals surface area (Å²) in [5, 5.41) is 6.98. The highest BCUT2D eigenvalue weighted by Gasteiger charge is 2.24. The van der Waals surface area contributed by atoms with Crippen LogP contribution >= 0.6 is 15.9 Å². The Labute approximate surface area is 123 Å². The Kier molecular flexibility index (Phi) is 3.96. The molecule has 0 spiro atoms. The van der Waals surface area contributed by atoms with Crippen molar-refractivity contribution in [2.45, 2.75) is 6.04 Å². The van der Waals surface area contributed by atoms with Gasteiger partial charge < -0.3 is 15.5 Å². The van der Waals surface area contributed by atoms with E-state index in [1.807, 2.05) is 0 Å². The van der Waals surface area contributed by atoms with Crippen molar-refractivity contribution >= 4 is 27.3 Å². The van der Waals surface area contributed by atoms with Crippen LogP contribution in [-0.2, 0) is 0 Å². The molecular formula is C14H21BrN4. The first-order valence-electron chi connectivity index (χ1n) is 6.93. The summed E-state index contributed by atoms with van der Waals surface area (Å²) in [6.07, 6.45) is 0. The molecule has 3 rings (SSSR count). The summed E-state index contributed by atoms with van der Waals surface area (Å²) in [5.41, 5.74) is 2.57. The Hall–Kier alpha value is -0.780. The predicted octanol–water partition coefficient (Wildman–Crippen LogP) is 1.58. The fourth-order valence-electron chi connectivity index (χ4n) is 2.88. The van der Waals surface area contributed by atoms with Crippen LogP contribution in [0.4, 0.5) is 11.4 Å². The van der Waals surface area contributed by atoms with Crippen LogP contribution in [0.1, 0.15) is 0 Å². The van der Waals surface area contributed by atoms with Gasteiger partial charge in [0, 0.05) is 49.8 Å². The van der Waals surface area contributed by atoms with Crippen LogP contribution in [0.5, 0.6) is 0 Å². The Balaban J connectivity index is 1.76. The highest BCUT2D eigenvalue weighted by atomic mass is 79.9. The highest BCUT2D eigenvalue weighted by Crippen LogP contribution is 2.31. The second-order valence-electron chi connectivity index (χ2n) is 5.37. The van der Waals surface area contributed by atoms with Gasteiger partial charge in [-0.3, -0.25) is 4.90 Å². The molecule has 1 atom stereocenters. The lowest BCUT2D eigenvalue weighted by Crippen LogP contribution is -2.55. The third-order valence-electron chi connectivity index (χ3n) is 4.07. The van der Waals surface area contributed by atoms with Crippen LogP contribution in [0, 0.1) is 0 Å². The Morgan fingerprint density at radius 2 is 2.21 bits per heavy atom. The van der Waals surface area contributed by atoms with Crippen LogP contribution in [-0.4, -0.2) is 57.3 Å². The molecule has 0 amide bonds. The number of fused-ring (bicyclic) bond motifs is 1. The second-order valence-corrected chi connectivity index (χ2v) is 6.29. The normalized spacial score (nSPS) is 23.9. The standard InChI is InChI=1S/C14H21BrN4/c1-18-6-4-16-9-12(18)10-19-7-5-17-13-8-11(15)2-3-14(13)19/h2-3,8,12,16-17H,4-7,9-10H2,1H3. The number of benzene rings is 1. The van der Waals surface area contributed by atoms with Crippen molar-refractivity contribution in [2.24, 2.45) is 0 Å². The molecule has 1 fully saturated rings. The second kappa shape index (κ2) is 5.69. The van der Waals surface area contributed by atoms with Crippen molar-refractivity contribution in [2.75, 3.05) is 56.5 Å².